The molecule has 2 heterocycles. The maximum atomic E-state index is 3.58. The van der Waals surface area contributed by atoms with Crippen LogP contribution in [0.2, 0.25) is 0 Å². The first-order chi connectivity index (χ1) is 19.8. The van der Waals surface area contributed by atoms with Crippen LogP contribution in [0.15, 0.2) is 49.1 Å². The summed E-state index contributed by atoms with van der Waals surface area (Å²) in [6.07, 6.45) is 36.0. The SMILES string of the molecule is CCCCCCCCCNc1cc[n+](CCCCCCCC[n+]2ccc(NCCCCCCCCC)cc2)cc1. The summed E-state index contributed by atoms with van der Waals surface area (Å²) in [4.78, 5) is 0. The number of hydrogen-bond acceptors (Lipinski definition) is 2. The van der Waals surface area contributed by atoms with E-state index in [9.17, 15) is 0 Å². The van der Waals surface area contributed by atoms with E-state index < -0.39 is 0 Å². The van der Waals surface area contributed by atoms with Crippen LogP contribution in [0.5, 0.6) is 0 Å². The summed E-state index contributed by atoms with van der Waals surface area (Å²) in [5.74, 6) is 0. The number of anilines is 2. The average Bonchev–Trinajstić information content (AvgIpc) is 2.98. The zero-order valence-corrected chi connectivity index (χ0v) is 26.5. The van der Waals surface area contributed by atoms with E-state index in [1.165, 1.54) is 140 Å². The minimum absolute atomic E-state index is 1.10. The topological polar surface area (TPSA) is 31.8 Å². The molecule has 2 N–H and O–H groups in total. The lowest BCUT2D eigenvalue weighted by atomic mass is 10.1. The number of aryl methyl sites for hydroxylation is 2. The van der Waals surface area contributed by atoms with Gasteiger partial charge in [-0.1, -0.05) is 104 Å². The van der Waals surface area contributed by atoms with Crippen LogP contribution < -0.4 is 19.8 Å². The molecule has 0 aliphatic heterocycles. The smallest absolute Gasteiger partial charge is 0.170 e. The number of pyridine rings is 2. The first kappa shape index (κ1) is 34.1. The molecule has 226 valence electrons. The third kappa shape index (κ3) is 18.3. The van der Waals surface area contributed by atoms with E-state index >= 15 is 0 Å². The Bertz CT molecular complexity index is 733. The fraction of sp³-hybridized carbons (Fsp3) is 0.722. The highest BCUT2D eigenvalue weighted by atomic mass is 14.9. The highest BCUT2D eigenvalue weighted by molar-refractivity contribution is 5.40. The van der Waals surface area contributed by atoms with Crippen LogP contribution in [0, 0.1) is 0 Å². The van der Waals surface area contributed by atoms with Gasteiger partial charge in [-0.15, -0.1) is 0 Å². The summed E-state index contributed by atoms with van der Waals surface area (Å²) in [6.45, 7) is 9.02. The molecule has 0 aliphatic carbocycles. The maximum absolute atomic E-state index is 3.58. The average molecular weight is 553 g/mol. The first-order valence-corrected chi connectivity index (χ1v) is 17.3. The Morgan fingerprint density at radius 3 is 1.05 bits per heavy atom. The van der Waals surface area contributed by atoms with Crippen LogP contribution in [-0.4, -0.2) is 13.1 Å². The highest BCUT2D eigenvalue weighted by Gasteiger charge is 2.03. The molecule has 0 radical (unpaired) electrons. The molecule has 0 bridgehead atoms. The molecule has 40 heavy (non-hydrogen) atoms. The van der Waals surface area contributed by atoms with Gasteiger partial charge in [0.05, 0.1) is 0 Å². The fourth-order valence-corrected chi connectivity index (χ4v) is 5.37. The summed E-state index contributed by atoms with van der Waals surface area (Å²) in [5, 5.41) is 7.17. The minimum Gasteiger partial charge on any atom is -0.385 e. The molecule has 2 aromatic rings. The summed E-state index contributed by atoms with van der Waals surface area (Å²) < 4.78 is 4.67. The third-order valence-corrected chi connectivity index (χ3v) is 8.08. The van der Waals surface area contributed by atoms with E-state index in [-0.39, 0.29) is 0 Å². The molecular formula is C36H64N4+2. The zero-order chi connectivity index (χ0) is 28.4. The zero-order valence-electron chi connectivity index (χ0n) is 26.5. The van der Waals surface area contributed by atoms with Gasteiger partial charge in [-0.2, -0.15) is 0 Å². The Balaban J connectivity index is 1.40. The van der Waals surface area contributed by atoms with Crippen molar-refractivity contribution in [2.75, 3.05) is 23.7 Å². The largest absolute Gasteiger partial charge is 0.385 e. The van der Waals surface area contributed by atoms with E-state index in [1.807, 2.05) is 0 Å². The quantitative estimate of drug-likeness (QED) is 0.0854. The van der Waals surface area contributed by atoms with Crippen molar-refractivity contribution >= 4 is 11.4 Å². The number of nitrogens with zero attached hydrogens (tertiary/aromatic N) is 2. The van der Waals surface area contributed by atoms with E-state index in [4.69, 9.17) is 0 Å². The van der Waals surface area contributed by atoms with E-state index in [1.54, 1.807) is 0 Å². The maximum Gasteiger partial charge on any atom is 0.170 e. The first-order valence-electron chi connectivity index (χ1n) is 17.3. The van der Waals surface area contributed by atoms with Gasteiger partial charge in [0.1, 0.15) is 13.1 Å². The van der Waals surface area contributed by atoms with Crippen LogP contribution in [0.1, 0.15) is 142 Å². The molecule has 2 rings (SSSR count). The molecular weight excluding hydrogens is 488 g/mol. The van der Waals surface area contributed by atoms with Crippen molar-refractivity contribution < 1.29 is 9.13 Å². The van der Waals surface area contributed by atoms with E-state index in [2.05, 4.69) is 82.7 Å². The van der Waals surface area contributed by atoms with Crippen LogP contribution in [-0.2, 0) is 13.1 Å². The molecule has 0 aliphatic rings. The van der Waals surface area contributed by atoms with Gasteiger partial charge in [0.2, 0.25) is 0 Å². The molecule has 0 amide bonds. The monoisotopic (exact) mass is 553 g/mol. The Labute approximate surface area is 248 Å². The van der Waals surface area contributed by atoms with Crippen LogP contribution in [0.4, 0.5) is 11.4 Å². The van der Waals surface area contributed by atoms with Crippen LogP contribution >= 0.6 is 0 Å². The standard InChI is InChI=1S/C36H62N4/c1-3-5-7-9-11-15-19-27-37-35-23-31-39(32-24-35)29-21-17-13-14-18-22-30-40-33-25-36(26-34-40)38-28-20-16-12-10-8-6-4-2/h23-26,31-34H,3-22,27-30H2,1-2H3/p+2. The lowest BCUT2D eigenvalue weighted by Gasteiger charge is -2.06. The predicted octanol–water partition coefficient (Wildman–Crippen LogP) is 9.63. The van der Waals surface area contributed by atoms with Gasteiger partial charge in [-0.25, -0.2) is 9.13 Å². The second kappa shape index (κ2) is 24.7. The van der Waals surface area contributed by atoms with Crippen molar-refractivity contribution in [2.45, 2.75) is 155 Å². The summed E-state index contributed by atoms with van der Waals surface area (Å²) in [6, 6.07) is 8.94. The minimum atomic E-state index is 1.10. The normalized spacial score (nSPS) is 11.2. The number of unbranched alkanes of at least 4 members (excludes halogenated alkanes) is 17. The summed E-state index contributed by atoms with van der Waals surface area (Å²) in [7, 11) is 0. The van der Waals surface area contributed by atoms with Crippen molar-refractivity contribution in [3.05, 3.63) is 49.1 Å². The summed E-state index contributed by atoms with van der Waals surface area (Å²) >= 11 is 0. The summed E-state index contributed by atoms with van der Waals surface area (Å²) in [5.41, 5.74) is 2.52. The molecule has 4 nitrogen and oxygen atoms in total. The van der Waals surface area contributed by atoms with Crippen molar-refractivity contribution in [3.8, 4) is 0 Å². The Morgan fingerprint density at radius 2 is 0.700 bits per heavy atom. The molecule has 0 spiro atoms. The third-order valence-electron chi connectivity index (χ3n) is 8.08. The van der Waals surface area contributed by atoms with Crippen LogP contribution in [0.3, 0.4) is 0 Å². The Hall–Kier alpha value is -2.10. The molecule has 2 aromatic heterocycles. The fourth-order valence-electron chi connectivity index (χ4n) is 5.37. The van der Waals surface area contributed by atoms with Gasteiger partial charge in [-0.3, -0.25) is 0 Å². The molecule has 0 fully saturated rings. The van der Waals surface area contributed by atoms with Crippen molar-refractivity contribution in [1.82, 2.24) is 0 Å². The van der Waals surface area contributed by atoms with Gasteiger partial charge in [0, 0.05) is 61.6 Å². The second-order valence-electron chi connectivity index (χ2n) is 11.9. The van der Waals surface area contributed by atoms with Crippen molar-refractivity contribution in [1.29, 1.82) is 0 Å². The number of aromatic nitrogens is 2. The Kier molecular flexibility index (Phi) is 21.0. The highest BCUT2D eigenvalue weighted by Crippen LogP contribution is 2.10. The lowest BCUT2D eigenvalue weighted by Crippen LogP contribution is -2.32. The number of nitrogens with one attached hydrogen (secondary N) is 2. The van der Waals surface area contributed by atoms with Crippen molar-refractivity contribution in [2.24, 2.45) is 0 Å². The molecule has 0 atom stereocenters. The van der Waals surface area contributed by atoms with Gasteiger partial charge < -0.3 is 10.6 Å². The predicted molar refractivity (Wildman–Crippen MR) is 174 cm³/mol. The lowest BCUT2D eigenvalue weighted by molar-refractivity contribution is -0.697. The number of rotatable bonds is 27. The molecule has 0 saturated heterocycles. The molecule has 0 saturated carbocycles. The van der Waals surface area contributed by atoms with Gasteiger partial charge >= 0.3 is 0 Å². The molecule has 0 unspecified atom stereocenters. The molecule has 4 heteroatoms. The second-order valence-corrected chi connectivity index (χ2v) is 11.9. The molecule has 0 aromatic carbocycles. The van der Waals surface area contributed by atoms with Crippen LogP contribution in [0.25, 0.3) is 0 Å². The van der Waals surface area contributed by atoms with Gasteiger partial charge in [-0.05, 0) is 25.7 Å². The van der Waals surface area contributed by atoms with E-state index in [0.29, 0.717) is 0 Å². The number of hydrogen-bond donors (Lipinski definition) is 2. The van der Waals surface area contributed by atoms with E-state index in [0.717, 1.165) is 26.2 Å². The van der Waals surface area contributed by atoms with Gasteiger partial charge in [0.15, 0.2) is 24.8 Å². The van der Waals surface area contributed by atoms with Gasteiger partial charge in [0.25, 0.3) is 0 Å². The Morgan fingerprint density at radius 1 is 0.400 bits per heavy atom. The van der Waals surface area contributed by atoms with Crippen molar-refractivity contribution in [3.63, 3.8) is 0 Å².